The molecule has 130 valence electrons. The van der Waals surface area contributed by atoms with E-state index in [1.807, 2.05) is 0 Å². The molecule has 6 heteroatoms. The van der Waals surface area contributed by atoms with Crippen LogP contribution < -0.4 is 9.47 Å². The first kappa shape index (κ1) is 17.8. The Kier molecular flexibility index (Phi) is 5.49. The van der Waals surface area contributed by atoms with Crippen LogP contribution in [0.3, 0.4) is 0 Å². The molecule has 1 aliphatic heterocycles. The average molecular weight is 333 g/mol. The minimum absolute atomic E-state index is 0.198. The van der Waals surface area contributed by atoms with Crippen LogP contribution in [0.2, 0.25) is 0 Å². The van der Waals surface area contributed by atoms with Crippen molar-refractivity contribution in [3.8, 4) is 11.5 Å². The number of methoxy groups -OCH3 is 1. The first-order chi connectivity index (χ1) is 11.4. The van der Waals surface area contributed by atoms with Crippen LogP contribution >= 0.6 is 0 Å². The smallest absolute Gasteiger partial charge is 0.311 e. The molecule has 1 saturated heterocycles. The van der Waals surface area contributed by atoms with Gasteiger partial charge in [-0.1, -0.05) is 12.7 Å². The molecule has 6 nitrogen and oxygen atoms in total. The number of aliphatic carboxylic acids is 1. The fourth-order valence-corrected chi connectivity index (χ4v) is 2.84. The number of carbonyl (C=O) groups excluding carboxylic acids is 1. The van der Waals surface area contributed by atoms with Gasteiger partial charge in [0, 0.05) is 18.7 Å². The van der Waals surface area contributed by atoms with Gasteiger partial charge < -0.3 is 19.5 Å². The molecule has 1 unspecified atom stereocenters. The third-order valence-electron chi connectivity index (χ3n) is 4.27. The molecule has 1 heterocycles. The first-order valence-electron chi connectivity index (χ1n) is 7.85. The highest BCUT2D eigenvalue weighted by atomic mass is 16.5. The van der Waals surface area contributed by atoms with Crippen LogP contribution in [-0.4, -0.2) is 48.7 Å². The average Bonchev–Trinajstić information content (AvgIpc) is 2.59. The number of hydrogen-bond donors (Lipinski definition) is 1. The van der Waals surface area contributed by atoms with Crippen molar-refractivity contribution in [2.24, 2.45) is 5.41 Å². The van der Waals surface area contributed by atoms with Crippen molar-refractivity contribution in [1.29, 1.82) is 0 Å². The van der Waals surface area contributed by atoms with Gasteiger partial charge in [-0.3, -0.25) is 9.59 Å². The van der Waals surface area contributed by atoms with E-state index in [9.17, 15) is 14.7 Å². The molecule has 1 fully saturated rings. The summed E-state index contributed by atoms with van der Waals surface area (Å²) in [5.41, 5.74) is -0.446. The van der Waals surface area contributed by atoms with E-state index in [2.05, 4.69) is 6.58 Å². The number of piperidine rings is 1. The second-order valence-electron chi connectivity index (χ2n) is 6.16. The van der Waals surface area contributed by atoms with E-state index >= 15 is 0 Å². The summed E-state index contributed by atoms with van der Waals surface area (Å²) >= 11 is 0. The Hall–Kier alpha value is -2.50. The van der Waals surface area contributed by atoms with Gasteiger partial charge in [0.2, 0.25) is 0 Å². The van der Waals surface area contributed by atoms with Crippen molar-refractivity contribution in [2.45, 2.75) is 19.8 Å². The van der Waals surface area contributed by atoms with Crippen molar-refractivity contribution >= 4 is 11.9 Å². The molecule has 0 radical (unpaired) electrons. The minimum atomic E-state index is -0.898. The zero-order valence-corrected chi connectivity index (χ0v) is 14.1. The standard InChI is InChI=1S/C18H23NO5/c1-4-10-24-14-7-6-13(11-15(14)23-3)16(20)19-9-5-8-18(2,12-19)17(21)22/h4,6-7,11H,1,5,8-10,12H2,2-3H3,(H,21,22). The lowest BCUT2D eigenvalue weighted by Gasteiger charge is -2.37. The number of nitrogens with zero attached hydrogens (tertiary/aromatic N) is 1. The largest absolute Gasteiger partial charge is 0.493 e. The Bertz CT molecular complexity index is 642. The van der Waals surface area contributed by atoms with Crippen molar-refractivity contribution < 1.29 is 24.2 Å². The molecule has 1 aromatic rings. The Morgan fingerprint density at radius 2 is 2.17 bits per heavy atom. The molecule has 0 bridgehead atoms. The second-order valence-corrected chi connectivity index (χ2v) is 6.16. The van der Waals surface area contributed by atoms with Crippen LogP contribution in [0.25, 0.3) is 0 Å². The number of carbonyl (C=O) groups is 2. The molecule has 0 aromatic heterocycles. The van der Waals surface area contributed by atoms with Gasteiger partial charge in [-0.05, 0) is 38.0 Å². The maximum absolute atomic E-state index is 12.7. The fourth-order valence-electron chi connectivity index (χ4n) is 2.84. The fraction of sp³-hybridized carbons (Fsp3) is 0.444. The van der Waals surface area contributed by atoms with E-state index in [0.717, 1.165) is 0 Å². The lowest BCUT2D eigenvalue weighted by Crippen LogP contribution is -2.48. The van der Waals surface area contributed by atoms with Gasteiger partial charge >= 0.3 is 5.97 Å². The summed E-state index contributed by atoms with van der Waals surface area (Å²) in [6.07, 6.45) is 2.87. The zero-order chi connectivity index (χ0) is 17.7. The number of carboxylic acids is 1. The third-order valence-corrected chi connectivity index (χ3v) is 4.27. The monoisotopic (exact) mass is 333 g/mol. The predicted molar refractivity (Wildman–Crippen MR) is 89.6 cm³/mol. The number of benzene rings is 1. The summed E-state index contributed by atoms with van der Waals surface area (Å²) in [4.78, 5) is 25.8. The third kappa shape index (κ3) is 3.69. The molecular formula is C18H23NO5. The Morgan fingerprint density at radius 1 is 1.42 bits per heavy atom. The molecule has 2 rings (SSSR count). The van der Waals surface area contributed by atoms with Crippen molar-refractivity contribution in [3.05, 3.63) is 36.4 Å². The van der Waals surface area contributed by atoms with Gasteiger partial charge in [-0.25, -0.2) is 0 Å². The van der Waals surface area contributed by atoms with Crippen molar-refractivity contribution in [3.63, 3.8) is 0 Å². The molecule has 0 spiro atoms. The highest BCUT2D eigenvalue weighted by Crippen LogP contribution is 2.32. The maximum atomic E-state index is 12.7. The molecule has 1 N–H and O–H groups in total. The molecule has 24 heavy (non-hydrogen) atoms. The Balaban J connectivity index is 2.20. The number of amides is 1. The normalized spacial score (nSPS) is 20.3. The summed E-state index contributed by atoms with van der Waals surface area (Å²) in [5, 5.41) is 9.39. The van der Waals surface area contributed by atoms with E-state index in [0.29, 0.717) is 43.1 Å². The lowest BCUT2D eigenvalue weighted by molar-refractivity contribution is -0.150. The number of hydrogen-bond acceptors (Lipinski definition) is 4. The Labute approximate surface area is 141 Å². The van der Waals surface area contributed by atoms with Crippen molar-refractivity contribution in [1.82, 2.24) is 4.90 Å². The van der Waals surface area contributed by atoms with E-state index in [1.54, 1.807) is 36.1 Å². The molecular weight excluding hydrogens is 310 g/mol. The maximum Gasteiger partial charge on any atom is 0.311 e. The molecule has 1 atom stereocenters. The molecule has 1 amide bonds. The van der Waals surface area contributed by atoms with Gasteiger partial charge in [-0.15, -0.1) is 0 Å². The van der Waals surface area contributed by atoms with Crippen LogP contribution in [0.1, 0.15) is 30.1 Å². The van der Waals surface area contributed by atoms with Crippen LogP contribution in [0, 0.1) is 5.41 Å². The highest BCUT2D eigenvalue weighted by Gasteiger charge is 2.39. The summed E-state index contributed by atoms with van der Waals surface area (Å²) in [7, 11) is 1.51. The second kappa shape index (κ2) is 7.38. The van der Waals surface area contributed by atoms with E-state index in [4.69, 9.17) is 9.47 Å². The topological polar surface area (TPSA) is 76.1 Å². The van der Waals surface area contributed by atoms with E-state index in [1.165, 1.54) is 7.11 Å². The Morgan fingerprint density at radius 3 is 2.79 bits per heavy atom. The van der Waals surface area contributed by atoms with Crippen LogP contribution in [0.15, 0.2) is 30.9 Å². The lowest BCUT2D eigenvalue weighted by atomic mass is 9.82. The van der Waals surface area contributed by atoms with Crippen LogP contribution in [-0.2, 0) is 4.79 Å². The van der Waals surface area contributed by atoms with Gasteiger partial charge in [-0.2, -0.15) is 0 Å². The number of rotatable bonds is 6. The van der Waals surface area contributed by atoms with E-state index < -0.39 is 11.4 Å². The number of ether oxygens (including phenoxy) is 2. The first-order valence-corrected chi connectivity index (χ1v) is 7.85. The zero-order valence-electron chi connectivity index (χ0n) is 14.1. The number of carboxylic acid groups (broad SMARTS) is 1. The van der Waals surface area contributed by atoms with E-state index in [-0.39, 0.29) is 12.5 Å². The molecule has 0 aliphatic carbocycles. The SMILES string of the molecule is C=CCOc1ccc(C(=O)N2CCCC(C)(C(=O)O)C2)cc1OC. The van der Waals surface area contributed by atoms with Gasteiger partial charge in [0.1, 0.15) is 6.61 Å². The summed E-state index contributed by atoms with van der Waals surface area (Å²) < 4.78 is 10.8. The highest BCUT2D eigenvalue weighted by molar-refractivity contribution is 5.95. The summed E-state index contributed by atoms with van der Waals surface area (Å²) in [6, 6.07) is 4.96. The van der Waals surface area contributed by atoms with Gasteiger partial charge in [0.05, 0.1) is 12.5 Å². The van der Waals surface area contributed by atoms with Gasteiger partial charge in [0.25, 0.3) is 5.91 Å². The molecule has 1 aliphatic rings. The minimum Gasteiger partial charge on any atom is -0.493 e. The quantitative estimate of drug-likeness (QED) is 0.810. The molecule has 1 aromatic carbocycles. The van der Waals surface area contributed by atoms with Crippen molar-refractivity contribution in [2.75, 3.05) is 26.8 Å². The van der Waals surface area contributed by atoms with Gasteiger partial charge in [0.15, 0.2) is 11.5 Å². The van der Waals surface area contributed by atoms with Crippen LogP contribution in [0.4, 0.5) is 0 Å². The number of likely N-dealkylation sites (tertiary alicyclic amines) is 1. The summed E-state index contributed by atoms with van der Waals surface area (Å²) in [6.45, 7) is 6.37. The molecule has 0 saturated carbocycles. The predicted octanol–water partition coefficient (Wildman–Crippen LogP) is 2.59. The van der Waals surface area contributed by atoms with Crippen LogP contribution in [0.5, 0.6) is 11.5 Å². The summed E-state index contributed by atoms with van der Waals surface area (Å²) in [5.74, 6) is -0.0785.